The lowest BCUT2D eigenvalue weighted by Crippen LogP contribution is -2.33. The van der Waals surface area contributed by atoms with Gasteiger partial charge in [0.1, 0.15) is 11.6 Å². The minimum Gasteiger partial charge on any atom is -0.338 e. The molecule has 0 radical (unpaired) electrons. The highest BCUT2D eigenvalue weighted by Gasteiger charge is 2.27. The van der Waals surface area contributed by atoms with Gasteiger partial charge in [-0.15, -0.1) is 11.3 Å². The van der Waals surface area contributed by atoms with Gasteiger partial charge in [0.15, 0.2) is 0 Å². The van der Waals surface area contributed by atoms with Crippen LogP contribution in [0, 0.1) is 13.8 Å². The van der Waals surface area contributed by atoms with Crippen molar-refractivity contribution in [1.29, 1.82) is 0 Å². The third-order valence-corrected chi connectivity index (χ3v) is 5.26. The number of aromatic nitrogens is 5. The molecule has 0 N–H and O–H groups in total. The summed E-state index contributed by atoms with van der Waals surface area (Å²) in [5, 5.41) is 10.6. The van der Waals surface area contributed by atoms with Gasteiger partial charge in [0.25, 0.3) is 0 Å². The van der Waals surface area contributed by atoms with Crippen LogP contribution in [0.15, 0.2) is 22.0 Å². The third kappa shape index (κ3) is 3.11. The van der Waals surface area contributed by atoms with Crippen molar-refractivity contribution in [3.8, 4) is 10.7 Å². The molecule has 1 saturated heterocycles. The molecule has 3 aromatic rings. The molecule has 4 rings (SSSR count). The van der Waals surface area contributed by atoms with Crippen LogP contribution in [0.1, 0.15) is 30.4 Å². The van der Waals surface area contributed by atoms with E-state index in [1.54, 1.807) is 11.3 Å². The zero-order chi connectivity index (χ0) is 16.5. The van der Waals surface area contributed by atoms with Crippen molar-refractivity contribution < 1.29 is 4.52 Å². The Bertz CT molecular complexity index is 809. The van der Waals surface area contributed by atoms with Gasteiger partial charge < -0.3 is 4.52 Å². The predicted octanol–water partition coefficient (Wildman–Crippen LogP) is 2.67. The minimum atomic E-state index is 0.432. The Kier molecular flexibility index (Phi) is 4.15. The molecule has 1 atom stereocenters. The first-order valence-electron chi connectivity index (χ1n) is 8.17. The van der Waals surface area contributed by atoms with Crippen molar-refractivity contribution in [2.24, 2.45) is 0 Å². The lowest BCUT2D eigenvalue weighted by Gasteiger charge is -2.22. The molecule has 0 spiro atoms. The zero-order valence-electron chi connectivity index (χ0n) is 13.8. The van der Waals surface area contributed by atoms with Gasteiger partial charge in [-0.05, 0) is 44.7 Å². The molecule has 1 fully saturated rings. The Labute approximate surface area is 144 Å². The minimum absolute atomic E-state index is 0.432. The molecular weight excluding hydrogens is 324 g/mol. The van der Waals surface area contributed by atoms with Gasteiger partial charge in [-0.2, -0.15) is 10.1 Å². The van der Waals surface area contributed by atoms with Crippen LogP contribution >= 0.6 is 11.3 Å². The first kappa shape index (κ1) is 15.5. The van der Waals surface area contributed by atoms with Gasteiger partial charge in [0, 0.05) is 6.04 Å². The molecule has 0 saturated carbocycles. The second kappa shape index (κ2) is 6.45. The third-order valence-electron chi connectivity index (χ3n) is 4.39. The van der Waals surface area contributed by atoms with Crippen LogP contribution in [-0.2, 0) is 13.1 Å². The van der Waals surface area contributed by atoms with Gasteiger partial charge in [-0.3, -0.25) is 4.90 Å². The summed E-state index contributed by atoms with van der Waals surface area (Å²) >= 11 is 1.62. The van der Waals surface area contributed by atoms with E-state index < -0.39 is 0 Å². The largest absolute Gasteiger partial charge is 0.338 e. The van der Waals surface area contributed by atoms with Crippen molar-refractivity contribution in [3.05, 3.63) is 35.1 Å². The number of aryl methyl sites for hydroxylation is 2. The molecule has 0 aliphatic carbocycles. The average molecular weight is 344 g/mol. The second-order valence-corrected chi connectivity index (χ2v) is 7.09. The van der Waals surface area contributed by atoms with Crippen LogP contribution in [0.2, 0.25) is 0 Å². The lowest BCUT2D eigenvalue weighted by molar-refractivity contribution is 0.191. The molecule has 0 bridgehead atoms. The van der Waals surface area contributed by atoms with E-state index in [1.807, 2.05) is 36.0 Å². The summed E-state index contributed by atoms with van der Waals surface area (Å²) in [7, 11) is 0. The summed E-state index contributed by atoms with van der Waals surface area (Å²) in [6, 6.07) is 4.44. The highest BCUT2D eigenvalue weighted by Crippen LogP contribution is 2.24. The van der Waals surface area contributed by atoms with E-state index in [2.05, 4.69) is 25.1 Å². The van der Waals surface area contributed by atoms with Crippen LogP contribution in [0.4, 0.5) is 0 Å². The molecule has 7 nitrogen and oxygen atoms in total. The van der Waals surface area contributed by atoms with E-state index in [0.29, 0.717) is 24.3 Å². The molecule has 1 aliphatic heterocycles. The van der Waals surface area contributed by atoms with Crippen LogP contribution in [0.5, 0.6) is 0 Å². The van der Waals surface area contributed by atoms with Gasteiger partial charge in [-0.1, -0.05) is 11.2 Å². The van der Waals surface area contributed by atoms with E-state index in [-0.39, 0.29) is 0 Å². The topological polar surface area (TPSA) is 72.9 Å². The van der Waals surface area contributed by atoms with E-state index in [4.69, 9.17) is 4.52 Å². The smallest absolute Gasteiger partial charge is 0.241 e. The number of likely N-dealkylation sites (tertiary alicyclic amines) is 1. The molecule has 0 aromatic carbocycles. The average Bonchev–Trinajstić information content (AvgIpc) is 3.30. The monoisotopic (exact) mass is 344 g/mol. The van der Waals surface area contributed by atoms with Crippen LogP contribution < -0.4 is 0 Å². The molecule has 0 amide bonds. The Morgan fingerprint density at radius 2 is 2.25 bits per heavy atom. The normalized spacial score (nSPS) is 18.5. The van der Waals surface area contributed by atoms with Crippen molar-refractivity contribution in [2.45, 2.75) is 45.8 Å². The van der Waals surface area contributed by atoms with Gasteiger partial charge in [-0.25, -0.2) is 9.67 Å². The summed E-state index contributed by atoms with van der Waals surface area (Å²) in [5.41, 5.74) is 0. The highest BCUT2D eigenvalue weighted by atomic mass is 32.1. The molecular formula is C16H20N6OS. The number of nitrogens with zero attached hydrogens (tertiary/aromatic N) is 6. The number of rotatable bonds is 5. The summed E-state index contributed by atoms with van der Waals surface area (Å²) in [6.45, 7) is 6.54. The maximum absolute atomic E-state index is 5.45. The first-order valence-corrected chi connectivity index (χ1v) is 9.05. The maximum atomic E-state index is 5.45. The van der Waals surface area contributed by atoms with Crippen LogP contribution in [0.3, 0.4) is 0 Å². The van der Waals surface area contributed by atoms with Gasteiger partial charge in [0.05, 0.1) is 18.0 Å². The van der Waals surface area contributed by atoms with Crippen molar-refractivity contribution in [3.63, 3.8) is 0 Å². The van der Waals surface area contributed by atoms with E-state index in [9.17, 15) is 0 Å². The van der Waals surface area contributed by atoms with Crippen molar-refractivity contribution in [1.82, 2.24) is 29.8 Å². The summed E-state index contributed by atoms with van der Waals surface area (Å²) in [4.78, 5) is 12.4. The maximum Gasteiger partial charge on any atom is 0.241 e. The molecule has 3 aromatic heterocycles. The summed E-state index contributed by atoms with van der Waals surface area (Å²) in [5.74, 6) is 3.15. The van der Waals surface area contributed by atoms with Crippen LogP contribution in [-0.4, -0.2) is 42.4 Å². The number of hydrogen-bond donors (Lipinski definition) is 0. The summed E-state index contributed by atoms with van der Waals surface area (Å²) < 4.78 is 7.45. The molecule has 4 heterocycles. The lowest BCUT2D eigenvalue weighted by atomic mass is 10.2. The molecule has 8 heteroatoms. The Morgan fingerprint density at radius 1 is 1.33 bits per heavy atom. The van der Waals surface area contributed by atoms with Gasteiger partial charge in [0.2, 0.25) is 11.7 Å². The second-order valence-electron chi connectivity index (χ2n) is 6.14. The number of thiophene rings is 1. The zero-order valence-corrected chi connectivity index (χ0v) is 14.7. The Morgan fingerprint density at radius 3 is 3.00 bits per heavy atom. The van der Waals surface area contributed by atoms with E-state index in [1.165, 1.54) is 6.42 Å². The molecule has 1 aliphatic rings. The quantitative estimate of drug-likeness (QED) is 0.708. The SMILES string of the molecule is Cc1nc(C)n(C[C@@H]2CCCN2Cc2nc(-c3cccs3)no2)n1. The Hall–Kier alpha value is -2.06. The van der Waals surface area contributed by atoms with Gasteiger partial charge >= 0.3 is 0 Å². The fraction of sp³-hybridized carbons (Fsp3) is 0.500. The van der Waals surface area contributed by atoms with Crippen molar-refractivity contribution in [2.75, 3.05) is 6.54 Å². The Balaban J connectivity index is 1.44. The highest BCUT2D eigenvalue weighted by molar-refractivity contribution is 7.13. The van der Waals surface area contributed by atoms with Crippen molar-refractivity contribution >= 4 is 11.3 Å². The first-order chi connectivity index (χ1) is 11.7. The summed E-state index contributed by atoms with van der Waals surface area (Å²) in [6.07, 6.45) is 2.34. The standard InChI is InChI=1S/C16H20N6OS/c1-11-17-12(2)22(19-11)9-13-5-3-7-21(13)10-15-18-16(20-23-15)14-6-4-8-24-14/h4,6,8,13H,3,5,7,9-10H2,1-2H3/t13-/m0/s1. The molecule has 0 unspecified atom stereocenters. The molecule has 24 heavy (non-hydrogen) atoms. The predicted molar refractivity (Wildman–Crippen MR) is 90.5 cm³/mol. The van der Waals surface area contributed by atoms with E-state index >= 15 is 0 Å². The number of hydrogen-bond acceptors (Lipinski definition) is 7. The fourth-order valence-corrected chi connectivity index (χ4v) is 3.89. The van der Waals surface area contributed by atoms with E-state index in [0.717, 1.165) is 36.0 Å². The fourth-order valence-electron chi connectivity index (χ4n) is 3.24. The van der Waals surface area contributed by atoms with Crippen LogP contribution in [0.25, 0.3) is 10.7 Å². The molecule has 126 valence electrons.